The summed E-state index contributed by atoms with van der Waals surface area (Å²) in [6, 6.07) is 10.5. The minimum absolute atomic E-state index is 0.317. The molecule has 0 unspecified atom stereocenters. The van der Waals surface area contributed by atoms with Crippen molar-refractivity contribution in [1.82, 2.24) is 24.1 Å². The van der Waals surface area contributed by atoms with Crippen LogP contribution >= 0.6 is 11.3 Å². The van der Waals surface area contributed by atoms with E-state index >= 15 is 0 Å². The van der Waals surface area contributed by atoms with E-state index in [0.29, 0.717) is 12.5 Å². The van der Waals surface area contributed by atoms with Crippen molar-refractivity contribution in [2.24, 2.45) is 0 Å². The Morgan fingerprint density at radius 1 is 0.903 bits per heavy atom. The number of benzene rings is 1. The van der Waals surface area contributed by atoms with Gasteiger partial charge in [0.15, 0.2) is 4.96 Å². The molecular formula is C24H31N5OS. The van der Waals surface area contributed by atoms with Gasteiger partial charge in [0.1, 0.15) is 0 Å². The van der Waals surface area contributed by atoms with Crippen molar-refractivity contribution >= 4 is 22.2 Å². The first-order chi connectivity index (χ1) is 15.3. The highest BCUT2D eigenvalue weighted by molar-refractivity contribution is 7.15. The largest absolute Gasteiger partial charge is 0.342 e. The SMILES string of the molecule is O=C(CN1CCN(Cc2c(-c3ccccc3)nc3sccn23)CC1)N1CCCCCC1. The third-order valence-corrected chi connectivity index (χ3v) is 7.32. The predicted molar refractivity (Wildman–Crippen MR) is 125 cm³/mol. The van der Waals surface area contributed by atoms with E-state index in [1.807, 2.05) is 6.07 Å². The molecule has 0 aliphatic carbocycles. The first-order valence-corrected chi connectivity index (χ1v) is 12.4. The molecule has 0 radical (unpaired) electrons. The van der Waals surface area contributed by atoms with Crippen molar-refractivity contribution < 1.29 is 4.79 Å². The van der Waals surface area contributed by atoms with Gasteiger partial charge < -0.3 is 4.90 Å². The highest BCUT2D eigenvalue weighted by atomic mass is 32.1. The highest BCUT2D eigenvalue weighted by Gasteiger charge is 2.24. The molecule has 2 fully saturated rings. The maximum Gasteiger partial charge on any atom is 0.236 e. The third kappa shape index (κ3) is 4.68. The number of hydrogen-bond donors (Lipinski definition) is 0. The Kier molecular flexibility index (Phi) is 6.34. The van der Waals surface area contributed by atoms with E-state index in [-0.39, 0.29) is 0 Å². The average Bonchev–Trinajstić information content (AvgIpc) is 3.27. The lowest BCUT2D eigenvalue weighted by atomic mass is 10.1. The summed E-state index contributed by atoms with van der Waals surface area (Å²) in [5.74, 6) is 0.317. The fourth-order valence-corrected chi connectivity index (χ4v) is 5.47. The number of thiazole rings is 1. The Morgan fingerprint density at radius 2 is 1.61 bits per heavy atom. The lowest BCUT2D eigenvalue weighted by Crippen LogP contribution is -2.50. The van der Waals surface area contributed by atoms with Gasteiger partial charge in [-0.1, -0.05) is 43.2 Å². The first-order valence-electron chi connectivity index (χ1n) is 11.5. The quantitative estimate of drug-likeness (QED) is 0.612. The van der Waals surface area contributed by atoms with Crippen molar-refractivity contribution in [3.63, 3.8) is 0 Å². The van der Waals surface area contributed by atoms with Crippen LogP contribution in [0.1, 0.15) is 31.4 Å². The fraction of sp³-hybridized carbons (Fsp3) is 0.500. The molecule has 7 heteroatoms. The predicted octanol–water partition coefficient (Wildman–Crippen LogP) is 3.58. The minimum atomic E-state index is 0.317. The molecule has 0 saturated carbocycles. The summed E-state index contributed by atoms with van der Waals surface area (Å²) >= 11 is 1.68. The maximum atomic E-state index is 12.7. The Bertz CT molecular complexity index is 998. The van der Waals surface area contributed by atoms with E-state index in [4.69, 9.17) is 4.98 Å². The molecule has 2 aliphatic heterocycles. The molecule has 1 aromatic carbocycles. The first kappa shape index (κ1) is 20.7. The van der Waals surface area contributed by atoms with Gasteiger partial charge in [-0.15, -0.1) is 11.3 Å². The number of carbonyl (C=O) groups excluding carboxylic acids is 1. The fourth-order valence-electron chi connectivity index (χ4n) is 4.74. The number of imidazole rings is 1. The number of piperazine rings is 1. The molecular weight excluding hydrogens is 406 g/mol. The molecule has 4 heterocycles. The second kappa shape index (κ2) is 9.51. The molecule has 6 nitrogen and oxygen atoms in total. The second-order valence-electron chi connectivity index (χ2n) is 8.68. The van der Waals surface area contributed by atoms with Crippen LogP contribution in [0.4, 0.5) is 0 Å². The Labute approximate surface area is 188 Å². The number of aromatic nitrogens is 2. The van der Waals surface area contributed by atoms with Crippen LogP contribution in [0, 0.1) is 0 Å². The zero-order chi connectivity index (χ0) is 21.0. The Hall–Kier alpha value is -2.22. The molecule has 31 heavy (non-hydrogen) atoms. The number of carbonyl (C=O) groups is 1. The van der Waals surface area contributed by atoms with Crippen molar-refractivity contribution in [1.29, 1.82) is 0 Å². The summed E-state index contributed by atoms with van der Waals surface area (Å²) in [5, 5.41) is 2.10. The van der Waals surface area contributed by atoms with Crippen LogP contribution in [0.5, 0.6) is 0 Å². The third-order valence-electron chi connectivity index (χ3n) is 6.56. The monoisotopic (exact) mass is 437 g/mol. The molecule has 2 aromatic heterocycles. The average molecular weight is 438 g/mol. The molecule has 2 saturated heterocycles. The molecule has 0 atom stereocenters. The van der Waals surface area contributed by atoms with E-state index in [2.05, 4.69) is 54.9 Å². The van der Waals surface area contributed by atoms with Gasteiger partial charge >= 0.3 is 0 Å². The summed E-state index contributed by atoms with van der Waals surface area (Å²) in [6.07, 6.45) is 6.97. The van der Waals surface area contributed by atoms with Crippen LogP contribution in [-0.4, -0.2) is 75.8 Å². The van der Waals surface area contributed by atoms with Crippen LogP contribution in [0.15, 0.2) is 41.9 Å². The van der Waals surface area contributed by atoms with E-state index in [0.717, 1.165) is 69.3 Å². The van der Waals surface area contributed by atoms with Crippen LogP contribution in [0.2, 0.25) is 0 Å². The maximum absolute atomic E-state index is 12.7. The van der Waals surface area contributed by atoms with E-state index in [9.17, 15) is 4.79 Å². The zero-order valence-electron chi connectivity index (χ0n) is 18.1. The van der Waals surface area contributed by atoms with Gasteiger partial charge in [-0.05, 0) is 12.8 Å². The van der Waals surface area contributed by atoms with Crippen molar-refractivity contribution in [2.45, 2.75) is 32.2 Å². The van der Waals surface area contributed by atoms with Gasteiger partial charge in [-0.25, -0.2) is 4.98 Å². The molecule has 0 N–H and O–H groups in total. The Morgan fingerprint density at radius 3 is 2.35 bits per heavy atom. The van der Waals surface area contributed by atoms with Crippen molar-refractivity contribution in [3.8, 4) is 11.3 Å². The Balaban J connectivity index is 1.22. The number of fused-ring (bicyclic) bond motifs is 1. The molecule has 0 spiro atoms. The van der Waals surface area contributed by atoms with Gasteiger partial charge in [-0.2, -0.15) is 0 Å². The van der Waals surface area contributed by atoms with Crippen LogP contribution in [0.25, 0.3) is 16.2 Å². The number of rotatable bonds is 5. The molecule has 1 amide bonds. The van der Waals surface area contributed by atoms with Crippen LogP contribution in [-0.2, 0) is 11.3 Å². The lowest BCUT2D eigenvalue weighted by Gasteiger charge is -2.35. The topological polar surface area (TPSA) is 44.1 Å². The van der Waals surface area contributed by atoms with E-state index in [1.165, 1.54) is 24.1 Å². The lowest BCUT2D eigenvalue weighted by molar-refractivity contribution is -0.132. The number of likely N-dealkylation sites (tertiary alicyclic amines) is 1. The van der Waals surface area contributed by atoms with Gasteiger partial charge in [0.05, 0.1) is 17.9 Å². The molecule has 164 valence electrons. The van der Waals surface area contributed by atoms with Crippen LogP contribution < -0.4 is 0 Å². The standard InChI is InChI=1S/C24H31N5OS/c30-22(28-10-6-1-2-7-11-28)19-27-14-12-26(13-15-27)18-21-23(20-8-4-3-5-9-20)25-24-29(21)16-17-31-24/h3-5,8-9,16-17H,1-2,6-7,10-15,18-19H2. The van der Waals surface area contributed by atoms with E-state index in [1.54, 1.807) is 11.3 Å². The van der Waals surface area contributed by atoms with Crippen LogP contribution in [0.3, 0.4) is 0 Å². The number of amides is 1. The van der Waals surface area contributed by atoms with Crippen molar-refractivity contribution in [3.05, 3.63) is 47.6 Å². The minimum Gasteiger partial charge on any atom is -0.342 e. The molecule has 3 aromatic rings. The number of hydrogen-bond acceptors (Lipinski definition) is 5. The molecule has 2 aliphatic rings. The summed E-state index contributed by atoms with van der Waals surface area (Å²) in [7, 11) is 0. The summed E-state index contributed by atoms with van der Waals surface area (Å²) < 4.78 is 2.24. The smallest absolute Gasteiger partial charge is 0.236 e. The summed E-state index contributed by atoms with van der Waals surface area (Å²) in [5.41, 5.74) is 3.53. The van der Waals surface area contributed by atoms with Gasteiger partial charge in [0, 0.05) is 63.0 Å². The van der Waals surface area contributed by atoms with Gasteiger partial charge in [0.2, 0.25) is 5.91 Å². The second-order valence-corrected chi connectivity index (χ2v) is 9.55. The zero-order valence-corrected chi connectivity index (χ0v) is 18.9. The normalized spacial score (nSPS) is 19.0. The van der Waals surface area contributed by atoms with Gasteiger partial charge in [-0.3, -0.25) is 19.0 Å². The molecule has 5 rings (SSSR count). The summed E-state index contributed by atoms with van der Waals surface area (Å²) in [6.45, 7) is 7.22. The van der Waals surface area contributed by atoms with Gasteiger partial charge in [0.25, 0.3) is 0 Å². The van der Waals surface area contributed by atoms with Crippen molar-refractivity contribution in [2.75, 3.05) is 45.8 Å². The van der Waals surface area contributed by atoms with E-state index < -0.39 is 0 Å². The highest BCUT2D eigenvalue weighted by Crippen LogP contribution is 2.28. The summed E-state index contributed by atoms with van der Waals surface area (Å²) in [4.78, 5) is 25.6. The molecule has 0 bridgehead atoms. The number of nitrogens with zero attached hydrogens (tertiary/aromatic N) is 5.